The minimum atomic E-state index is -0.698. The Bertz CT molecular complexity index is 927. The van der Waals surface area contributed by atoms with Gasteiger partial charge in [0.15, 0.2) is 0 Å². The molecule has 1 amide bonds. The molecule has 0 radical (unpaired) electrons. The second kappa shape index (κ2) is 10.1. The average Bonchev–Trinajstić information content (AvgIpc) is 3.36. The summed E-state index contributed by atoms with van der Waals surface area (Å²) in [4.78, 5) is 32.1. The van der Waals surface area contributed by atoms with Crippen molar-refractivity contribution in [1.82, 2.24) is 19.7 Å². The first kappa shape index (κ1) is 23.7. The van der Waals surface area contributed by atoms with E-state index in [9.17, 15) is 9.59 Å². The molecule has 2 aromatic heterocycles. The maximum absolute atomic E-state index is 12.7. The lowest BCUT2D eigenvalue weighted by Gasteiger charge is -2.20. The van der Waals surface area contributed by atoms with Gasteiger partial charge in [-0.3, -0.25) is 4.79 Å². The van der Waals surface area contributed by atoms with Crippen molar-refractivity contribution in [2.24, 2.45) is 5.92 Å². The van der Waals surface area contributed by atoms with Gasteiger partial charge in [0.1, 0.15) is 11.4 Å². The molecule has 1 aliphatic rings. The summed E-state index contributed by atoms with van der Waals surface area (Å²) in [7, 11) is 1.54. The van der Waals surface area contributed by atoms with Crippen LogP contribution in [-0.2, 0) is 9.53 Å². The molecule has 3 rings (SSSR count). The monoisotopic (exact) mass is 443 g/mol. The van der Waals surface area contributed by atoms with Crippen molar-refractivity contribution in [2.45, 2.75) is 52.6 Å². The maximum Gasteiger partial charge on any atom is 0.437 e. The molecule has 32 heavy (non-hydrogen) atoms. The lowest BCUT2D eigenvalue weighted by Crippen LogP contribution is -2.30. The molecule has 1 aliphatic heterocycles. The molecule has 1 fully saturated rings. The summed E-state index contributed by atoms with van der Waals surface area (Å²) >= 11 is 0. The predicted octanol–water partition coefficient (Wildman–Crippen LogP) is 3.80. The van der Waals surface area contributed by atoms with Crippen molar-refractivity contribution in [2.75, 3.05) is 32.1 Å². The summed E-state index contributed by atoms with van der Waals surface area (Å²) < 4.78 is 11.7. The average molecular weight is 444 g/mol. The van der Waals surface area contributed by atoms with Crippen LogP contribution >= 0.6 is 0 Å². The molecule has 174 valence electrons. The van der Waals surface area contributed by atoms with Crippen molar-refractivity contribution in [1.29, 1.82) is 0 Å². The molecular formula is C23H33N5O4. The van der Waals surface area contributed by atoms with Crippen molar-refractivity contribution < 1.29 is 19.1 Å². The summed E-state index contributed by atoms with van der Waals surface area (Å²) in [5.41, 5.74) is 0.480. The van der Waals surface area contributed by atoms with Crippen molar-refractivity contribution in [3.63, 3.8) is 0 Å². The minimum Gasteiger partial charge on any atom is -0.481 e. The van der Waals surface area contributed by atoms with Crippen molar-refractivity contribution in [3.05, 3.63) is 24.4 Å². The van der Waals surface area contributed by atoms with Gasteiger partial charge in [-0.15, -0.1) is 4.68 Å². The van der Waals surface area contributed by atoms with Crippen LogP contribution in [0.2, 0.25) is 0 Å². The number of carbonyl (C=O) groups excluding carboxylic acids is 2. The van der Waals surface area contributed by atoms with E-state index in [2.05, 4.69) is 27.2 Å². The van der Waals surface area contributed by atoms with Crippen molar-refractivity contribution >= 4 is 17.8 Å². The molecule has 9 nitrogen and oxygen atoms in total. The number of ether oxygens (including phenoxy) is 2. The highest BCUT2D eigenvalue weighted by atomic mass is 16.6. The van der Waals surface area contributed by atoms with E-state index in [1.165, 1.54) is 20.0 Å². The molecule has 0 saturated carbocycles. The zero-order valence-electron chi connectivity index (χ0n) is 19.6. The van der Waals surface area contributed by atoms with Crippen LogP contribution in [0.3, 0.4) is 0 Å². The number of hydrogen-bond donors (Lipinski definition) is 1. The molecule has 0 aliphatic carbocycles. The largest absolute Gasteiger partial charge is 0.481 e. The summed E-state index contributed by atoms with van der Waals surface area (Å²) in [5.74, 6) is 0.779. The van der Waals surface area contributed by atoms with Crippen LogP contribution in [0.25, 0.3) is 11.3 Å². The summed E-state index contributed by atoms with van der Waals surface area (Å²) in [5, 5.41) is 7.22. The van der Waals surface area contributed by atoms with E-state index in [1.807, 2.05) is 0 Å². The summed E-state index contributed by atoms with van der Waals surface area (Å²) in [6, 6.07) is 5.15. The lowest BCUT2D eigenvalue weighted by molar-refractivity contribution is -0.117. The third-order valence-electron chi connectivity index (χ3n) is 5.09. The zero-order valence-corrected chi connectivity index (χ0v) is 19.6. The van der Waals surface area contributed by atoms with Crippen LogP contribution in [0, 0.1) is 5.92 Å². The number of likely N-dealkylation sites (tertiary alicyclic amines) is 1. The van der Waals surface area contributed by atoms with Gasteiger partial charge in [0.2, 0.25) is 11.8 Å². The van der Waals surface area contributed by atoms with E-state index in [4.69, 9.17) is 9.47 Å². The molecule has 1 saturated heterocycles. The standard InChI is InChI=1S/C23H33N5O4/c1-16(15-27-10-6-7-11-27)12-20(29)25-19-13-18(17-8-9-21(31-5)24-14-17)26-28(19)22(30)32-23(2,3)4/h8-9,13-14,16H,6-7,10-12,15H2,1-5H3,(H,25,29). The number of anilines is 1. The Balaban J connectivity index is 1.77. The van der Waals surface area contributed by atoms with E-state index in [-0.39, 0.29) is 17.6 Å². The number of methoxy groups -OCH3 is 1. The topological polar surface area (TPSA) is 98.6 Å². The van der Waals surface area contributed by atoms with Gasteiger partial charge >= 0.3 is 6.09 Å². The van der Waals surface area contributed by atoms with Gasteiger partial charge < -0.3 is 19.7 Å². The van der Waals surface area contributed by atoms with E-state index in [0.29, 0.717) is 23.6 Å². The SMILES string of the molecule is COc1ccc(-c2cc(NC(=O)CC(C)CN3CCCC3)n(C(=O)OC(C)(C)C)n2)cn1. The van der Waals surface area contributed by atoms with Gasteiger partial charge in [0.25, 0.3) is 0 Å². The Morgan fingerprint density at radius 3 is 2.53 bits per heavy atom. The molecule has 0 aromatic carbocycles. The highest BCUT2D eigenvalue weighted by Gasteiger charge is 2.24. The van der Waals surface area contributed by atoms with E-state index in [1.54, 1.807) is 45.2 Å². The first-order valence-corrected chi connectivity index (χ1v) is 11.0. The number of pyridine rings is 1. The number of aromatic nitrogens is 3. The van der Waals surface area contributed by atoms with Crippen LogP contribution in [-0.4, -0.2) is 64.0 Å². The quantitative estimate of drug-likeness (QED) is 0.695. The fourth-order valence-corrected chi connectivity index (χ4v) is 3.69. The van der Waals surface area contributed by atoms with Crippen LogP contribution in [0.1, 0.15) is 47.0 Å². The molecule has 0 spiro atoms. The Hall–Kier alpha value is -2.94. The van der Waals surface area contributed by atoms with Gasteiger partial charge in [0, 0.05) is 36.9 Å². The van der Waals surface area contributed by atoms with Gasteiger partial charge in [-0.2, -0.15) is 5.10 Å². The molecule has 1 unspecified atom stereocenters. The second-order valence-electron chi connectivity index (χ2n) is 9.26. The highest BCUT2D eigenvalue weighted by Crippen LogP contribution is 2.24. The van der Waals surface area contributed by atoms with Gasteiger partial charge in [-0.25, -0.2) is 9.78 Å². The molecular weight excluding hydrogens is 410 g/mol. The molecule has 1 N–H and O–H groups in total. The first-order valence-electron chi connectivity index (χ1n) is 11.0. The normalized spacial score (nSPS) is 15.4. The van der Waals surface area contributed by atoms with Crippen molar-refractivity contribution in [3.8, 4) is 17.1 Å². The summed E-state index contributed by atoms with van der Waals surface area (Å²) in [6.45, 7) is 10.5. The summed E-state index contributed by atoms with van der Waals surface area (Å²) in [6.07, 6.45) is 3.74. The van der Waals surface area contributed by atoms with Gasteiger partial charge in [0.05, 0.1) is 12.8 Å². The molecule has 2 aromatic rings. The third-order valence-corrected chi connectivity index (χ3v) is 5.09. The minimum absolute atomic E-state index is 0.166. The number of rotatable bonds is 7. The van der Waals surface area contributed by atoms with E-state index in [0.717, 1.165) is 24.3 Å². The molecule has 3 heterocycles. The molecule has 9 heteroatoms. The van der Waals surface area contributed by atoms with E-state index >= 15 is 0 Å². The van der Waals surface area contributed by atoms with Gasteiger partial charge in [-0.05, 0) is 58.7 Å². The lowest BCUT2D eigenvalue weighted by atomic mass is 10.1. The van der Waals surface area contributed by atoms with Crippen LogP contribution in [0.15, 0.2) is 24.4 Å². The highest BCUT2D eigenvalue weighted by molar-refractivity contribution is 5.92. The third kappa shape index (κ3) is 6.53. The molecule has 0 bridgehead atoms. The number of nitrogens with one attached hydrogen (secondary N) is 1. The number of amides is 1. The Morgan fingerprint density at radius 2 is 1.94 bits per heavy atom. The molecule has 1 atom stereocenters. The Labute approximate surface area is 189 Å². The van der Waals surface area contributed by atoms with Crippen LogP contribution < -0.4 is 10.1 Å². The predicted molar refractivity (Wildman–Crippen MR) is 122 cm³/mol. The van der Waals surface area contributed by atoms with Crippen LogP contribution in [0.5, 0.6) is 5.88 Å². The van der Waals surface area contributed by atoms with Gasteiger partial charge in [-0.1, -0.05) is 6.92 Å². The zero-order chi connectivity index (χ0) is 23.3. The van der Waals surface area contributed by atoms with E-state index < -0.39 is 11.7 Å². The Kier molecular flexibility index (Phi) is 7.50. The maximum atomic E-state index is 12.7. The second-order valence-corrected chi connectivity index (χ2v) is 9.26. The fourth-order valence-electron chi connectivity index (χ4n) is 3.69. The number of nitrogens with zero attached hydrogens (tertiary/aromatic N) is 4. The fraction of sp³-hybridized carbons (Fsp3) is 0.565. The number of carbonyl (C=O) groups is 2. The Morgan fingerprint density at radius 1 is 1.22 bits per heavy atom. The smallest absolute Gasteiger partial charge is 0.437 e. The van der Waals surface area contributed by atoms with Crippen LogP contribution in [0.4, 0.5) is 10.6 Å². The number of hydrogen-bond acceptors (Lipinski definition) is 7. The first-order chi connectivity index (χ1) is 15.1.